The molecule has 3 rings (SSSR count). The molecule has 0 aliphatic rings. The number of nitrogens with one attached hydrogen (secondary N) is 2. The predicted octanol–water partition coefficient (Wildman–Crippen LogP) is 3.68. The number of fused-ring (bicyclic) bond motifs is 1. The lowest BCUT2D eigenvalue weighted by Gasteiger charge is -2.13. The van der Waals surface area contributed by atoms with Gasteiger partial charge in [0.1, 0.15) is 11.3 Å². The number of methoxy groups -OCH3 is 1. The first-order chi connectivity index (χ1) is 13.0. The van der Waals surface area contributed by atoms with Crippen molar-refractivity contribution in [3.63, 3.8) is 0 Å². The second-order valence-electron chi connectivity index (χ2n) is 6.26. The average molecular weight is 366 g/mol. The van der Waals surface area contributed by atoms with Crippen molar-refractivity contribution in [2.75, 3.05) is 25.6 Å². The van der Waals surface area contributed by atoms with Gasteiger partial charge in [0.15, 0.2) is 0 Å². The van der Waals surface area contributed by atoms with E-state index < -0.39 is 0 Å². The summed E-state index contributed by atoms with van der Waals surface area (Å²) in [6.45, 7) is 4.51. The molecule has 0 spiro atoms. The maximum atomic E-state index is 12.8. The minimum Gasteiger partial charge on any atom is -0.461 e. The molecule has 2 N–H and O–H groups in total. The van der Waals surface area contributed by atoms with Crippen LogP contribution in [-0.4, -0.2) is 32.1 Å². The lowest BCUT2D eigenvalue weighted by atomic mass is 10.1. The molecule has 0 radical (unpaired) electrons. The Morgan fingerprint density at radius 1 is 1.04 bits per heavy atom. The Kier molecular flexibility index (Phi) is 5.57. The lowest BCUT2D eigenvalue weighted by molar-refractivity contribution is 0.0935. The number of benzene rings is 2. The Morgan fingerprint density at radius 2 is 1.78 bits per heavy atom. The number of ether oxygens (including phenoxy) is 1. The van der Waals surface area contributed by atoms with Gasteiger partial charge in [-0.05, 0) is 43.7 Å². The molecular weight excluding hydrogens is 344 g/mol. The summed E-state index contributed by atoms with van der Waals surface area (Å²) in [5.74, 6) is 0.260. The number of aryl methyl sites for hydroxylation is 1. The molecule has 27 heavy (non-hydrogen) atoms. The summed E-state index contributed by atoms with van der Waals surface area (Å²) in [6.07, 6.45) is 0. The molecule has 6 nitrogen and oxygen atoms in total. The molecule has 2 aromatic carbocycles. The van der Waals surface area contributed by atoms with Gasteiger partial charge in [-0.2, -0.15) is 0 Å². The van der Waals surface area contributed by atoms with Crippen molar-refractivity contribution in [3.8, 4) is 0 Å². The van der Waals surface area contributed by atoms with Crippen LogP contribution in [0.3, 0.4) is 0 Å². The number of para-hydroxylation sites is 1. The number of anilines is 1. The summed E-state index contributed by atoms with van der Waals surface area (Å²) in [5, 5.41) is 6.55. The van der Waals surface area contributed by atoms with Gasteiger partial charge in [-0.1, -0.05) is 18.2 Å². The lowest BCUT2D eigenvalue weighted by Crippen LogP contribution is -2.27. The standard InChI is InChI=1S/C21H22N2O4/c1-13-12-15-6-4-8-17(19(15)27-13)21(25)23-18-9-5-7-16(14(18)2)20(24)22-10-11-26-3/h4-9,12H,10-11H2,1-3H3,(H,22,24)(H,23,25). The zero-order valence-electron chi connectivity index (χ0n) is 15.6. The van der Waals surface area contributed by atoms with Crippen molar-refractivity contribution in [3.05, 3.63) is 64.9 Å². The highest BCUT2D eigenvalue weighted by Gasteiger charge is 2.17. The first-order valence-corrected chi connectivity index (χ1v) is 8.68. The maximum Gasteiger partial charge on any atom is 0.259 e. The second kappa shape index (κ2) is 8.05. The summed E-state index contributed by atoms with van der Waals surface area (Å²) < 4.78 is 10.6. The fraction of sp³-hybridized carbons (Fsp3) is 0.238. The van der Waals surface area contributed by atoms with Crippen molar-refractivity contribution in [2.45, 2.75) is 13.8 Å². The van der Waals surface area contributed by atoms with E-state index >= 15 is 0 Å². The van der Waals surface area contributed by atoms with Gasteiger partial charge in [0, 0.05) is 30.3 Å². The summed E-state index contributed by atoms with van der Waals surface area (Å²) >= 11 is 0. The number of hydrogen-bond acceptors (Lipinski definition) is 4. The van der Waals surface area contributed by atoms with E-state index in [1.165, 1.54) is 0 Å². The molecule has 0 saturated heterocycles. The molecule has 1 heterocycles. The van der Waals surface area contributed by atoms with E-state index in [2.05, 4.69) is 10.6 Å². The molecular formula is C21H22N2O4. The highest BCUT2D eigenvalue weighted by atomic mass is 16.5. The molecule has 0 atom stereocenters. The van der Waals surface area contributed by atoms with Crippen LogP contribution in [0.15, 0.2) is 46.9 Å². The molecule has 0 unspecified atom stereocenters. The summed E-state index contributed by atoms with van der Waals surface area (Å²) in [5.41, 5.74) is 2.80. The van der Waals surface area contributed by atoms with Gasteiger partial charge >= 0.3 is 0 Å². The molecule has 0 aliphatic heterocycles. The Labute approximate surface area is 157 Å². The van der Waals surface area contributed by atoms with Crippen LogP contribution in [0.4, 0.5) is 5.69 Å². The number of hydrogen-bond donors (Lipinski definition) is 2. The number of furan rings is 1. The summed E-state index contributed by atoms with van der Waals surface area (Å²) in [4.78, 5) is 25.1. The Morgan fingerprint density at radius 3 is 2.56 bits per heavy atom. The number of amides is 2. The van der Waals surface area contributed by atoms with Gasteiger partial charge < -0.3 is 19.8 Å². The molecule has 2 amide bonds. The smallest absolute Gasteiger partial charge is 0.259 e. The average Bonchev–Trinajstić information content (AvgIpc) is 3.03. The van der Waals surface area contributed by atoms with Gasteiger partial charge in [0.05, 0.1) is 12.2 Å². The van der Waals surface area contributed by atoms with Crippen molar-refractivity contribution >= 4 is 28.5 Å². The van der Waals surface area contributed by atoms with E-state index in [0.29, 0.717) is 41.1 Å². The molecule has 140 valence electrons. The first-order valence-electron chi connectivity index (χ1n) is 8.68. The Hall–Kier alpha value is -3.12. The quantitative estimate of drug-likeness (QED) is 0.652. The van der Waals surface area contributed by atoms with Crippen molar-refractivity contribution in [1.82, 2.24) is 5.32 Å². The Balaban J connectivity index is 1.84. The number of rotatable bonds is 6. The first kappa shape index (κ1) is 18.7. The molecule has 0 fully saturated rings. The van der Waals surface area contributed by atoms with Crippen LogP contribution in [-0.2, 0) is 4.74 Å². The minimum absolute atomic E-state index is 0.204. The highest BCUT2D eigenvalue weighted by molar-refractivity contribution is 6.12. The van der Waals surface area contributed by atoms with Crippen LogP contribution >= 0.6 is 0 Å². The number of carbonyl (C=O) groups is 2. The third-order valence-corrected chi connectivity index (χ3v) is 4.33. The molecule has 1 aromatic heterocycles. The third-order valence-electron chi connectivity index (χ3n) is 4.33. The van der Waals surface area contributed by atoms with Crippen LogP contribution in [0, 0.1) is 13.8 Å². The van der Waals surface area contributed by atoms with E-state index in [0.717, 1.165) is 11.1 Å². The van der Waals surface area contributed by atoms with Gasteiger partial charge in [-0.15, -0.1) is 0 Å². The van der Waals surface area contributed by atoms with Crippen molar-refractivity contribution in [2.24, 2.45) is 0 Å². The van der Waals surface area contributed by atoms with Crippen LogP contribution < -0.4 is 10.6 Å². The topological polar surface area (TPSA) is 80.6 Å². The second-order valence-corrected chi connectivity index (χ2v) is 6.26. The van der Waals surface area contributed by atoms with E-state index in [4.69, 9.17) is 9.15 Å². The normalized spacial score (nSPS) is 10.8. The molecule has 0 bridgehead atoms. The molecule has 0 aliphatic carbocycles. The highest BCUT2D eigenvalue weighted by Crippen LogP contribution is 2.25. The Bertz CT molecular complexity index is 991. The van der Waals surface area contributed by atoms with Gasteiger partial charge in [0.2, 0.25) is 0 Å². The maximum absolute atomic E-state index is 12.8. The molecule has 6 heteroatoms. The van der Waals surface area contributed by atoms with Gasteiger partial charge in [-0.25, -0.2) is 0 Å². The SMILES string of the molecule is COCCNC(=O)c1cccc(NC(=O)c2cccc3cc(C)oc23)c1C. The minimum atomic E-state index is -0.282. The molecule has 0 saturated carbocycles. The van der Waals surface area contributed by atoms with Crippen LogP contribution in [0.1, 0.15) is 32.0 Å². The van der Waals surface area contributed by atoms with Gasteiger partial charge in [-0.3, -0.25) is 9.59 Å². The fourth-order valence-electron chi connectivity index (χ4n) is 2.94. The third kappa shape index (κ3) is 4.01. The fourth-order valence-corrected chi connectivity index (χ4v) is 2.94. The van der Waals surface area contributed by atoms with Crippen LogP contribution in [0.5, 0.6) is 0 Å². The van der Waals surface area contributed by atoms with Crippen LogP contribution in [0.2, 0.25) is 0 Å². The number of carbonyl (C=O) groups excluding carboxylic acids is 2. The van der Waals surface area contributed by atoms with E-state index in [9.17, 15) is 9.59 Å². The monoisotopic (exact) mass is 366 g/mol. The van der Waals surface area contributed by atoms with Crippen molar-refractivity contribution < 1.29 is 18.7 Å². The van der Waals surface area contributed by atoms with E-state index in [1.54, 1.807) is 38.3 Å². The van der Waals surface area contributed by atoms with E-state index in [-0.39, 0.29) is 11.8 Å². The predicted molar refractivity (Wildman–Crippen MR) is 104 cm³/mol. The van der Waals surface area contributed by atoms with Gasteiger partial charge in [0.25, 0.3) is 11.8 Å². The summed E-state index contributed by atoms with van der Waals surface area (Å²) in [6, 6.07) is 12.6. The van der Waals surface area contributed by atoms with E-state index in [1.807, 2.05) is 25.1 Å². The molecule has 3 aromatic rings. The zero-order valence-corrected chi connectivity index (χ0v) is 15.6. The summed E-state index contributed by atoms with van der Waals surface area (Å²) in [7, 11) is 1.58. The van der Waals surface area contributed by atoms with Crippen molar-refractivity contribution in [1.29, 1.82) is 0 Å². The van der Waals surface area contributed by atoms with Crippen LogP contribution in [0.25, 0.3) is 11.0 Å². The largest absolute Gasteiger partial charge is 0.461 e. The zero-order chi connectivity index (χ0) is 19.4.